The van der Waals surface area contributed by atoms with Crippen molar-refractivity contribution in [2.45, 2.75) is 38.0 Å². The molecule has 126 valence electrons. The van der Waals surface area contributed by atoms with Gasteiger partial charge in [-0.2, -0.15) is 0 Å². The molecule has 0 aliphatic heterocycles. The van der Waals surface area contributed by atoms with Crippen molar-refractivity contribution in [2.24, 2.45) is 5.92 Å². The first-order valence-corrected chi connectivity index (χ1v) is 8.83. The molecule has 0 spiro atoms. The van der Waals surface area contributed by atoms with Crippen LogP contribution in [0.3, 0.4) is 0 Å². The third-order valence-electron chi connectivity index (χ3n) is 5.13. The van der Waals surface area contributed by atoms with Gasteiger partial charge in [-0.1, -0.05) is 48.6 Å². The lowest BCUT2D eigenvalue weighted by molar-refractivity contribution is 0.328. The summed E-state index contributed by atoms with van der Waals surface area (Å²) < 4.78 is 25.1. The fourth-order valence-corrected chi connectivity index (χ4v) is 3.67. The molecule has 0 aromatic heterocycles. The second-order valence-corrected chi connectivity index (χ2v) is 6.71. The predicted octanol–water partition coefficient (Wildman–Crippen LogP) is 6.68. The Balaban J connectivity index is 1.58. The van der Waals surface area contributed by atoms with Gasteiger partial charge in [-0.15, -0.1) is 0 Å². The second kappa shape index (κ2) is 8.23. The molecule has 0 N–H and O–H groups in total. The summed E-state index contributed by atoms with van der Waals surface area (Å²) in [5, 5.41) is 0. The first-order chi connectivity index (χ1) is 11.8. The van der Waals surface area contributed by atoms with E-state index >= 15 is 0 Å². The van der Waals surface area contributed by atoms with E-state index in [1.54, 1.807) is 6.08 Å². The van der Waals surface area contributed by atoms with Crippen molar-refractivity contribution in [2.75, 3.05) is 6.67 Å². The highest BCUT2D eigenvalue weighted by Crippen LogP contribution is 2.37. The molecular formula is C22H24F2. The van der Waals surface area contributed by atoms with E-state index in [0.29, 0.717) is 11.8 Å². The normalized spacial score (nSPS) is 21.2. The summed E-state index contributed by atoms with van der Waals surface area (Å²) in [5.41, 5.74) is 3.58. The zero-order valence-corrected chi connectivity index (χ0v) is 13.9. The quantitative estimate of drug-likeness (QED) is 0.537. The largest absolute Gasteiger partial charge is 0.247 e. The Bertz CT molecular complexity index is 647. The third-order valence-corrected chi connectivity index (χ3v) is 5.13. The SMILES string of the molecule is FC/C=C/CC1CCC(c2ccc(-c3ccc(F)cc3)cc2)CC1. The highest BCUT2D eigenvalue weighted by atomic mass is 19.1. The smallest absolute Gasteiger partial charge is 0.123 e. The minimum absolute atomic E-state index is 0.200. The van der Waals surface area contributed by atoms with Gasteiger partial charge >= 0.3 is 0 Å². The monoisotopic (exact) mass is 326 g/mol. The standard InChI is InChI=1S/C22H24F2/c23-16-2-1-3-17-4-6-18(7-5-17)19-8-10-20(11-9-19)21-12-14-22(24)15-13-21/h1-2,8-15,17-18H,3-7,16H2/b2-1+. The summed E-state index contributed by atoms with van der Waals surface area (Å²) in [7, 11) is 0. The van der Waals surface area contributed by atoms with Crippen LogP contribution in [0.5, 0.6) is 0 Å². The van der Waals surface area contributed by atoms with Crippen LogP contribution < -0.4 is 0 Å². The Labute approximate surface area is 143 Å². The Hall–Kier alpha value is -1.96. The fraction of sp³-hybridized carbons (Fsp3) is 0.364. The van der Waals surface area contributed by atoms with Gasteiger partial charge in [0.2, 0.25) is 0 Å². The summed E-state index contributed by atoms with van der Waals surface area (Å²) in [5.74, 6) is 1.14. The van der Waals surface area contributed by atoms with Crippen LogP contribution >= 0.6 is 0 Å². The molecule has 2 aromatic rings. The zero-order valence-electron chi connectivity index (χ0n) is 13.9. The summed E-state index contributed by atoms with van der Waals surface area (Å²) in [6.45, 7) is -0.351. The van der Waals surface area contributed by atoms with Gasteiger partial charge in [-0.3, -0.25) is 0 Å². The van der Waals surface area contributed by atoms with Crippen LogP contribution in [0.15, 0.2) is 60.7 Å². The summed E-state index contributed by atoms with van der Waals surface area (Å²) in [4.78, 5) is 0. The van der Waals surface area contributed by atoms with Crippen LogP contribution in [-0.2, 0) is 0 Å². The van der Waals surface area contributed by atoms with Gasteiger partial charge in [0.15, 0.2) is 0 Å². The molecule has 24 heavy (non-hydrogen) atoms. The molecular weight excluding hydrogens is 302 g/mol. The van der Waals surface area contributed by atoms with E-state index in [0.717, 1.165) is 17.5 Å². The van der Waals surface area contributed by atoms with E-state index in [1.165, 1.54) is 43.4 Å². The number of benzene rings is 2. The zero-order chi connectivity index (χ0) is 16.8. The Morgan fingerprint density at radius 1 is 0.792 bits per heavy atom. The molecule has 0 unspecified atom stereocenters. The molecule has 0 bridgehead atoms. The topological polar surface area (TPSA) is 0 Å². The molecule has 0 radical (unpaired) electrons. The molecule has 0 nitrogen and oxygen atoms in total. The van der Waals surface area contributed by atoms with Gasteiger partial charge in [0, 0.05) is 0 Å². The number of halogens is 2. The molecule has 1 aliphatic rings. The lowest BCUT2D eigenvalue weighted by atomic mass is 9.77. The molecule has 0 saturated heterocycles. The fourth-order valence-electron chi connectivity index (χ4n) is 3.67. The van der Waals surface area contributed by atoms with Gasteiger partial charge < -0.3 is 0 Å². The van der Waals surface area contributed by atoms with Gasteiger partial charge in [-0.05, 0) is 72.8 Å². The highest BCUT2D eigenvalue weighted by Gasteiger charge is 2.21. The van der Waals surface area contributed by atoms with Crippen molar-refractivity contribution in [3.05, 3.63) is 72.1 Å². The minimum Gasteiger partial charge on any atom is -0.247 e. The van der Waals surface area contributed by atoms with Crippen LogP contribution in [0.4, 0.5) is 8.78 Å². The van der Waals surface area contributed by atoms with Gasteiger partial charge in [0.05, 0.1) is 0 Å². The van der Waals surface area contributed by atoms with Crippen molar-refractivity contribution >= 4 is 0 Å². The molecule has 2 aromatic carbocycles. The van der Waals surface area contributed by atoms with Crippen LogP contribution in [-0.4, -0.2) is 6.67 Å². The van der Waals surface area contributed by atoms with Crippen LogP contribution in [0.25, 0.3) is 11.1 Å². The molecule has 0 amide bonds. The lowest BCUT2D eigenvalue weighted by Gasteiger charge is -2.28. The Kier molecular flexibility index (Phi) is 5.79. The third kappa shape index (κ3) is 4.31. The van der Waals surface area contributed by atoms with Gasteiger partial charge in [-0.25, -0.2) is 8.78 Å². The van der Waals surface area contributed by atoms with Crippen LogP contribution in [0, 0.1) is 11.7 Å². The summed E-state index contributed by atoms with van der Waals surface area (Å²) in [6, 6.07) is 15.3. The molecule has 1 saturated carbocycles. The van der Waals surface area contributed by atoms with E-state index in [9.17, 15) is 8.78 Å². The Morgan fingerprint density at radius 3 is 1.96 bits per heavy atom. The number of hydrogen-bond acceptors (Lipinski definition) is 0. The van der Waals surface area contributed by atoms with Crippen molar-refractivity contribution < 1.29 is 8.78 Å². The average Bonchev–Trinajstić information content (AvgIpc) is 2.63. The van der Waals surface area contributed by atoms with E-state index in [-0.39, 0.29) is 12.5 Å². The van der Waals surface area contributed by atoms with Crippen molar-refractivity contribution in [1.29, 1.82) is 0 Å². The molecule has 0 heterocycles. The highest BCUT2D eigenvalue weighted by molar-refractivity contribution is 5.63. The van der Waals surface area contributed by atoms with Crippen molar-refractivity contribution in [3.8, 4) is 11.1 Å². The summed E-state index contributed by atoms with van der Waals surface area (Å²) in [6.07, 6.45) is 9.50. The number of alkyl halides is 1. The number of hydrogen-bond donors (Lipinski definition) is 0. The summed E-state index contributed by atoms with van der Waals surface area (Å²) >= 11 is 0. The maximum Gasteiger partial charge on any atom is 0.123 e. The van der Waals surface area contributed by atoms with E-state index < -0.39 is 0 Å². The predicted molar refractivity (Wildman–Crippen MR) is 96.3 cm³/mol. The Morgan fingerprint density at radius 2 is 1.38 bits per heavy atom. The number of allylic oxidation sites excluding steroid dienone is 2. The molecule has 0 atom stereocenters. The van der Waals surface area contributed by atoms with Gasteiger partial charge in [0.1, 0.15) is 12.5 Å². The maximum atomic E-state index is 13.0. The minimum atomic E-state index is -0.351. The van der Waals surface area contributed by atoms with E-state index in [4.69, 9.17) is 0 Å². The van der Waals surface area contributed by atoms with Crippen LogP contribution in [0.2, 0.25) is 0 Å². The molecule has 1 fully saturated rings. The molecule has 1 aliphatic carbocycles. The molecule has 2 heteroatoms. The van der Waals surface area contributed by atoms with E-state index in [1.807, 2.05) is 18.2 Å². The van der Waals surface area contributed by atoms with Crippen molar-refractivity contribution in [1.82, 2.24) is 0 Å². The van der Waals surface area contributed by atoms with Crippen molar-refractivity contribution in [3.63, 3.8) is 0 Å². The number of rotatable bonds is 5. The van der Waals surface area contributed by atoms with Crippen LogP contribution in [0.1, 0.15) is 43.6 Å². The first-order valence-electron chi connectivity index (χ1n) is 8.83. The molecule has 3 rings (SSSR count). The second-order valence-electron chi connectivity index (χ2n) is 6.71. The maximum absolute atomic E-state index is 13.0. The van der Waals surface area contributed by atoms with E-state index in [2.05, 4.69) is 24.3 Å². The average molecular weight is 326 g/mol. The van der Waals surface area contributed by atoms with Gasteiger partial charge in [0.25, 0.3) is 0 Å². The first kappa shape index (κ1) is 16.9. The lowest BCUT2D eigenvalue weighted by Crippen LogP contribution is -2.12.